The summed E-state index contributed by atoms with van der Waals surface area (Å²) in [6.07, 6.45) is 2.88. The monoisotopic (exact) mass is 275 g/mol. The van der Waals surface area contributed by atoms with Gasteiger partial charge in [0.15, 0.2) is 5.03 Å². The van der Waals surface area contributed by atoms with E-state index in [0.717, 1.165) is 0 Å². The molecule has 0 aromatic carbocycles. The number of rotatable bonds is 6. The number of aliphatic carboxylic acids is 1. The van der Waals surface area contributed by atoms with Gasteiger partial charge in [0.2, 0.25) is 0 Å². The topological polar surface area (TPSA) is 101 Å². The molecule has 2 N–H and O–H groups in total. The number of carboxylic acid groups (broad SMARTS) is 1. The van der Waals surface area contributed by atoms with Gasteiger partial charge in [-0.2, -0.15) is 4.72 Å². The Hall–Kier alpha value is -1.41. The molecule has 0 amide bonds. The molecule has 1 aromatic rings. The molecule has 8 heteroatoms. The van der Waals surface area contributed by atoms with E-state index in [1.807, 2.05) is 13.8 Å². The first-order chi connectivity index (χ1) is 8.22. The van der Waals surface area contributed by atoms with E-state index in [0.29, 0.717) is 0 Å². The highest BCUT2D eigenvalue weighted by Gasteiger charge is 2.27. The van der Waals surface area contributed by atoms with Crippen LogP contribution in [-0.2, 0) is 21.9 Å². The van der Waals surface area contributed by atoms with E-state index >= 15 is 0 Å². The van der Waals surface area contributed by atoms with Gasteiger partial charge in [-0.15, -0.1) is 0 Å². The molecular weight excluding hydrogens is 258 g/mol. The smallest absolute Gasteiger partial charge is 0.321 e. The van der Waals surface area contributed by atoms with Crippen molar-refractivity contribution in [1.82, 2.24) is 14.3 Å². The number of carbonyl (C=O) groups is 1. The van der Waals surface area contributed by atoms with Gasteiger partial charge in [-0.3, -0.25) is 4.79 Å². The molecule has 1 unspecified atom stereocenters. The maximum Gasteiger partial charge on any atom is 0.321 e. The van der Waals surface area contributed by atoms with Crippen LogP contribution in [0.25, 0.3) is 0 Å². The second kappa shape index (κ2) is 5.49. The van der Waals surface area contributed by atoms with Crippen LogP contribution in [0.4, 0.5) is 0 Å². The van der Waals surface area contributed by atoms with E-state index in [2.05, 4.69) is 9.71 Å². The Bertz CT molecular complexity index is 521. The third kappa shape index (κ3) is 3.81. The molecule has 18 heavy (non-hydrogen) atoms. The van der Waals surface area contributed by atoms with E-state index < -0.39 is 22.0 Å². The van der Waals surface area contributed by atoms with Gasteiger partial charge in [-0.1, -0.05) is 13.8 Å². The lowest BCUT2D eigenvalue weighted by molar-refractivity contribution is -0.139. The number of aromatic nitrogens is 2. The zero-order valence-electron chi connectivity index (χ0n) is 10.5. The van der Waals surface area contributed by atoms with Crippen LogP contribution in [0.15, 0.2) is 17.6 Å². The molecule has 102 valence electrons. The molecule has 0 aliphatic heterocycles. The van der Waals surface area contributed by atoms with Crippen LogP contribution in [-0.4, -0.2) is 35.1 Å². The lowest BCUT2D eigenvalue weighted by Crippen LogP contribution is -2.41. The Morgan fingerprint density at radius 3 is 2.56 bits per heavy atom. The van der Waals surface area contributed by atoms with E-state index in [1.165, 1.54) is 17.1 Å². The van der Waals surface area contributed by atoms with Crippen LogP contribution in [0.5, 0.6) is 0 Å². The standard InChI is InChI=1S/C10H17N3O4S/c1-7(2)4-8(10(14)15)12-18(16,17)9-5-13(3)6-11-9/h5-8,12H,4H2,1-3H3,(H,14,15). The fraction of sp³-hybridized carbons (Fsp3) is 0.600. The minimum Gasteiger partial charge on any atom is -0.480 e. The number of aryl methyl sites for hydroxylation is 1. The van der Waals surface area contributed by atoms with Crippen LogP contribution in [0.3, 0.4) is 0 Å². The van der Waals surface area contributed by atoms with Gasteiger partial charge in [0.1, 0.15) is 6.04 Å². The van der Waals surface area contributed by atoms with Crippen LogP contribution in [0.2, 0.25) is 0 Å². The third-order valence-corrected chi connectivity index (χ3v) is 3.62. The maximum atomic E-state index is 11.9. The Morgan fingerprint density at radius 2 is 2.17 bits per heavy atom. The Labute approximate surface area is 106 Å². The molecule has 1 rings (SSSR count). The van der Waals surface area contributed by atoms with Gasteiger partial charge in [0.25, 0.3) is 10.0 Å². The van der Waals surface area contributed by atoms with E-state index in [-0.39, 0.29) is 17.4 Å². The van der Waals surface area contributed by atoms with E-state index in [4.69, 9.17) is 5.11 Å². The second-order valence-electron chi connectivity index (χ2n) is 4.52. The summed E-state index contributed by atoms with van der Waals surface area (Å²) >= 11 is 0. The fourth-order valence-electron chi connectivity index (χ4n) is 1.45. The average molecular weight is 275 g/mol. The molecule has 0 spiro atoms. The summed E-state index contributed by atoms with van der Waals surface area (Å²) < 4.78 is 27.4. The van der Waals surface area contributed by atoms with Crippen LogP contribution in [0, 0.1) is 5.92 Å². The molecule has 0 fully saturated rings. The van der Waals surface area contributed by atoms with Gasteiger partial charge in [0.05, 0.1) is 6.33 Å². The Balaban J connectivity index is 2.89. The molecular formula is C10H17N3O4S. The number of hydrogen-bond acceptors (Lipinski definition) is 4. The number of carboxylic acids is 1. The predicted octanol–water partition coefficient (Wildman–Crippen LogP) is 0.198. The maximum absolute atomic E-state index is 11.9. The normalized spacial score (nSPS) is 13.8. The van der Waals surface area contributed by atoms with Crippen LogP contribution >= 0.6 is 0 Å². The number of sulfonamides is 1. The highest BCUT2D eigenvalue weighted by molar-refractivity contribution is 7.89. The largest absolute Gasteiger partial charge is 0.480 e. The van der Waals surface area contributed by atoms with Gasteiger partial charge < -0.3 is 9.67 Å². The first-order valence-electron chi connectivity index (χ1n) is 5.45. The SMILES string of the molecule is CC(C)CC(NS(=O)(=O)c1cn(C)cn1)C(=O)O. The quantitative estimate of drug-likeness (QED) is 0.772. The summed E-state index contributed by atoms with van der Waals surface area (Å²) in [4.78, 5) is 14.7. The summed E-state index contributed by atoms with van der Waals surface area (Å²) in [6.45, 7) is 3.65. The van der Waals surface area contributed by atoms with Crippen molar-refractivity contribution in [2.24, 2.45) is 13.0 Å². The van der Waals surface area contributed by atoms with Crippen molar-refractivity contribution >= 4 is 16.0 Å². The Morgan fingerprint density at radius 1 is 1.56 bits per heavy atom. The van der Waals surface area contributed by atoms with E-state index in [1.54, 1.807) is 7.05 Å². The van der Waals surface area contributed by atoms with Gasteiger partial charge in [-0.25, -0.2) is 13.4 Å². The van der Waals surface area contributed by atoms with Crippen molar-refractivity contribution in [3.05, 3.63) is 12.5 Å². The Kier molecular flexibility index (Phi) is 4.47. The van der Waals surface area contributed by atoms with Crippen molar-refractivity contribution in [2.45, 2.75) is 31.3 Å². The van der Waals surface area contributed by atoms with Gasteiger partial charge >= 0.3 is 5.97 Å². The van der Waals surface area contributed by atoms with Crippen molar-refractivity contribution in [3.8, 4) is 0 Å². The molecule has 1 aromatic heterocycles. The van der Waals surface area contributed by atoms with Gasteiger partial charge in [-0.05, 0) is 12.3 Å². The molecule has 0 radical (unpaired) electrons. The second-order valence-corrected chi connectivity index (χ2v) is 6.18. The number of nitrogens with one attached hydrogen (secondary N) is 1. The highest BCUT2D eigenvalue weighted by atomic mass is 32.2. The zero-order valence-corrected chi connectivity index (χ0v) is 11.3. The molecule has 0 aliphatic carbocycles. The zero-order chi connectivity index (χ0) is 13.9. The predicted molar refractivity (Wildman–Crippen MR) is 64.4 cm³/mol. The van der Waals surface area contributed by atoms with Crippen LogP contribution < -0.4 is 4.72 Å². The van der Waals surface area contributed by atoms with Crippen molar-refractivity contribution in [3.63, 3.8) is 0 Å². The lowest BCUT2D eigenvalue weighted by Gasteiger charge is -2.15. The summed E-state index contributed by atoms with van der Waals surface area (Å²) in [5, 5.41) is 8.80. The number of nitrogens with zero attached hydrogens (tertiary/aromatic N) is 2. The highest BCUT2D eigenvalue weighted by Crippen LogP contribution is 2.10. The summed E-state index contributed by atoms with van der Waals surface area (Å²) in [5.41, 5.74) is 0. The molecule has 1 heterocycles. The first-order valence-corrected chi connectivity index (χ1v) is 6.94. The molecule has 7 nitrogen and oxygen atoms in total. The third-order valence-electron chi connectivity index (χ3n) is 2.26. The minimum absolute atomic E-state index is 0.0672. The molecule has 0 saturated heterocycles. The first kappa shape index (κ1) is 14.7. The lowest BCUT2D eigenvalue weighted by atomic mass is 10.1. The number of imidazole rings is 1. The summed E-state index contributed by atoms with van der Waals surface area (Å²) in [7, 11) is -2.26. The van der Waals surface area contributed by atoms with Crippen molar-refractivity contribution in [2.75, 3.05) is 0 Å². The molecule has 0 bridgehead atoms. The van der Waals surface area contributed by atoms with Crippen LogP contribution in [0.1, 0.15) is 20.3 Å². The molecule has 1 atom stereocenters. The van der Waals surface area contributed by atoms with Gasteiger partial charge in [0, 0.05) is 13.2 Å². The minimum atomic E-state index is -3.89. The van der Waals surface area contributed by atoms with Crippen molar-refractivity contribution in [1.29, 1.82) is 0 Å². The average Bonchev–Trinajstić information content (AvgIpc) is 2.63. The van der Waals surface area contributed by atoms with E-state index in [9.17, 15) is 13.2 Å². The molecule has 0 saturated carbocycles. The fourth-order valence-corrected chi connectivity index (χ4v) is 2.63. The summed E-state index contributed by atoms with van der Waals surface area (Å²) in [6, 6.07) is -1.14. The number of hydrogen-bond donors (Lipinski definition) is 2. The van der Waals surface area contributed by atoms with Crippen molar-refractivity contribution < 1.29 is 18.3 Å². The molecule has 0 aliphatic rings. The summed E-state index contributed by atoms with van der Waals surface area (Å²) in [5.74, 6) is -1.12.